The molecule has 18 heavy (non-hydrogen) atoms. The van der Waals surface area contributed by atoms with Crippen LogP contribution >= 0.6 is 11.8 Å². The molecule has 2 nitrogen and oxygen atoms in total. The number of thioether (sulfide) groups is 1. The molecule has 0 N–H and O–H groups in total. The van der Waals surface area contributed by atoms with E-state index in [1.807, 2.05) is 6.07 Å². The van der Waals surface area contributed by atoms with E-state index in [-0.39, 0.29) is 11.6 Å². The molecular weight excluding hydrogens is 244 g/mol. The lowest BCUT2D eigenvalue weighted by atomic mass is 9.87. The van der Waals surface area contributed by atoms with Gasteiger partial charge in [0.1, 0.15) is 5.78 Å². The predicted octanol–water partition coefficient (Wildman–Crippen LogP) is 3.06. The Morgan fingerprint density at radius 1 is 1.22 bits per heavy atom. The van der Waals surface area contributed by atoms with E-state index in [9.17, 15) is 9.59 Å². The molecule has 0 saturated heterocycles. The van der Waals surface area contributed by atoms with Gasteiger partial charge in [-0.25, -0.2) is 0 Å². The van der Waals surface area contributed by atoms with Crippen LogP contribution in [0.1, 0.15) is 41.3 Å². The summed E-state index contributed by atoms with van der Waals surface area (Å²) in [6, 6.07) is 4.23. The number of aryl methyl sites for hydroxylation is 2. The molecule has 2 aliphatic rings. The van der Waals surface area contributed by atoms with E-state index in [0.29, 0.717) is 5.75 Å². The third kappa shape index (κ3) is 1.91. The van der Waals surface area contributed by atoms with Gasteiger partial charge in [-0.05, 0) is 55.9 Å². The summed E-state index contributed by atoms with van der Waals surface area (Å²) >= 11 is 1.66. The Balaban J connectivity index is 2.04. The highest BCUT2D eigenvalue weighted by Crippen LogP contribution is 2.37. The molecule has 94 valence electrons. The molecule has 1 aromatic rings. The minimum atomic E-state index is -0.427. The van der Waals surface area contributed by atoms with Crippen molar-refractivity contribution in [3.8, 4) is 0 Å². The van der Waals surface area contributed by atoms with E-state index in [2.05, 4.69) is 6.07 Å². The minimum absolute atomic E-state index is 0.00382. The van der Waals surface area contributed by atoms with Crippen LogP contribution in [0.2, 0.25) is 0 Å². The lowest BCUT2D eigenvalue weighted by Crippen LogP contribution is -2.28. The highest BCUT2D eigenvalue weighted by Gasteiger charge is 2.32. The van der Waals surface area contributed by atoms with Gasteiger partial charge in [0.2, 0.25) is 0 Å². The number of carbonyl (C=O) groups is 2. The number of benzene rings is 1. The number of carbonyl (C=O) groups excluding carboxylic acids is 2. The van der Waals surface area contributed by atoms with Gasteiger partial charge >= 0.3 is 0 Å². The molecule has 1 aliphatic heterocycles. The van der Waals surface area contributed by atoms with Gasteiger partial charge < -0.3 is 0 Å². The second-order valence-electron chi connectivity index (χ2n) is 5.16. The van der Waals surface area contributed by atoms with Crippen LogP contribution in [0.15, 0.2) is 17.0 Å². The number of fused-ring (bicyclic) bond motifs is 2. The summed E-state index contributed by atoms with van der Waals surface area (Å²) in [5, 5.41) is 0. The first-order valence-corrected chi connectivity index (χ1v) is 7.48. The van der Waals surface area contributed by atoms with Crippen molar-refractivity contribution in [2.45, 2.75) is 37.5 Å². The Morgan fingerprint density at radius 3 is 2.56 bits per heavy atom. The monoisotopic (exact) mass is 260 g/mol. The zero-order chi connectivity index (χ0) is 12.7. The summed E-state index contributed by atoms with van der Waals surface area (Å²) in [6.07, 6.45) is 4.67. The molecule has 1 unspecified atom stereocenters. The molecule has 0 aromatic heterocycles. The largest absolute Gasteiger partial charge is 0.299 e. The quantitative estimate of drug-likeness (QED) is 0.728. The fourth-order valence-electron chi connectivity index (χ4n) is 2.81. The molecule has 0 fully saturated rings. The lowest BCUT2D eigenvalue weighted by Gasteiger charge is -2.24. The smallest absolute Gasteiger partial charge is 0.175 e. The summed E-state index contributed by atoms with van der Waals surface area (Å²) in [6.45, 7) is 1.52. The van der Waals surface area contributed by atoms with Crippen molar-refractivity contribution >= 4 is 23.3 Å². The molecule has 3 rings (SSSR count). The van der Waals surface area contributed by atoms with Gasteiger partial charge in [-0.1, -0.05) is 0 Å². The van der Waals surface area contributed by atoms with Gasteiger partial charge in [0.25, 0.3) is 0 Å². The number of hydrogen-bond acceptors (Lipinski definition) is 3. The Morgan fingerprint density at radius 2 is 1.89 bits per heavy atom. The van der Waals surface area contributed by atoms with E-state index in [1.165, 1.54) is 30.9 Å². The van der Waals surface area contributed by atoms with Crippen LogP contribution in [-0.2, 0) is 17.6 Å². The van der Waals surface area contributed by atoms with Gasteiger partial charge in [-0.2, -0.15) is 0 Å². The molecule has 1 atom stereocenters. The number of rotatable bonds is 1. The zero-order valence-corrected chi connectivity index (χ0v) is 11.3. The molecule has 0 spiro atoms. The van der Waals surface area contributed by atoms with Gasteiger partial charge in [0, 0.05) is 16.2 Å². The average Bonchev–Trinajstić information content (AvgIpc) is 2.37. The van der Waals surface area contributed by atoms with Crippen molar-refractivity contribution in [2.24, 2.45) is 5.92 Å². The maximum absolute atomic E-state index is 12.3. The van der Waals surface area contributed by atoms with Crippen molar-refractivity contribution in [1.82, 2.24) is 0 Å². The molecule has 1 heterocycles. The van der Waals surface area contributed by atoms with E-state index in [4.69, 9.17) is 0 Å². The van der Waals surface area contributed by atoms with Crippen molar-refractivity contribution in [3.05, 3.63) is 28.8 Å². The van der Waals surface area contributed by atoms with Crippen LogP contribution in [-0.4, -0.2) is 17.3 Å². The van der Waals surface area contributed by atoms with Gasteiger partial charge in [0.05, 0.1) is 5.92 Å². The van der Waals surface area contributed by atoms with E-state index >= 15 is 0 Å². The first-order chi connectivity index (χ1) is 8.66. The summed E-state index contributed by atoms with van der Waals surface area (Å²) in [4.78, 5) is 24.9. The Labute approximate surface area is 111 Å². The van der Waals surface area contributed by atoms with E-state index < -0.39 is 5.92 Å². The van der Waals surface area contributed by atoms with Gasteiger partial charge in [-0.15, -0.1) is 11.8 Å². The summed E-state index contributed by atoms with van der Waals surface area (Å²) in [7, 11) is 0. The topological polar surface area (TPSA) is 34.1 Å². The molecular formula is C15H16O2S. The van der Waals surface area contributed by atoms with Gasteiger partial charge in [-0.3, -0.25) is 9.59 Å². The maximum Gasteiger partial charge on any atom is 0.175 e. The third-order valence-electron chi connectivity index (χ3n) is 3.92. The molecule has 0 bridgehead atoms. The normalized spacial score (nSPS) is 22.3. The summed E-state index contributed by atoms with van der Waals surface area (Å²) in [5.74, 6) is 0.213. The third-order valence-corrected chi connectivity index (χ3v) is 5.07. The van der Waals surface area contributed by atoms with Gasteiger partial charge in [0.15, 0.2) is 5.78 Å². The summed E-state index contributed by atoms with van der Waals surface area (Å²) in [5.41, 5.74) is 3.51. The lowest BCUT2D eigenvalue weighted by molar-refractivity contribution is -0.118. The predicted molar refractivity (Wildman–Crippen MR) is 72.3 cm³/mol. The van der Waals surface area contributed by atoms with Crippen LogP contribution < -0.4 is 0 Å². The highest BCUT2D eigenvalue weighted by molar-refractivity contribution is 7.99. The molecule has 1 aliphatic carbocycles. The highest BCUT2D eigenvalue weighted by atomic mass is 32.2. The second kappa shape index (κ2) is 4.54. The molecule has 1 aromatic carbocycles. The standard InChI is InChI=1S/C15H16O2S/c1-9(16)13-8-18-14-7-11-5-3-2-4-10(11)6-12(14)15(13)17/h6-7,13H,2-5,8H2,1H3. The first-order valence-electron chi connectivity index (χ1n) is 6.50. The Hall–Kier alpha value is -1.09. The average molecular weight is 260 g/mol. The Bertz CT molecular complexity index is 534. The fraction of sp³-hybridized carbons (Fsp3) is 0.467. The molecule has 0 saturated carbocycles. The van der Waals surface area contributed by atoms with Crippen LogP contribution in [0.25, 0.3) is 0 Å². The van der Waals surface area contributed by atoms with Crippen molar-refractivity contribution in [1.29, 1.82) is 0 Å². The minimum Gasteiger partial charge on any atom is -0.299 e. The molecule has 0 amide bonds. The van der Waals surface area contributed by atoms with Crippen LogP contribution in [0.5, 0.6) is 0 Å². The maximum atomic E-state index is 12.3. The number of ketones is 2. The number of Topliss-reactive ketones (excluding diaryl/α,β-unsaturated/α-hetero) is 2. The van der Waals surface area contributed by atoms with E-state index in [0.717, 1.165) is 23.3 Å². The van der Waals surface area contributed by atoms with Crippen molar-refractivity contribution < 1.29 is 9.59 Å². The van der Waals surface area contributed by atoms with Crippen LogP contribution in [0.3, 0.4) is 0 Å². The SMILES string of the molecule is CC(=O)C1CSc2cc3c(cc2C1=O)CCCC3. The van der Waals surface area contributed by atoms with E-state index in [1.54, 1.807) is 11.8 Å². The Kier molecular flexibility index (Phi) is 3.02. The second-order valence-corrected chi connectivity index (χ2v) is 6.22. The molecule has 0 radical (unpaired) electrons. The molecule has 3 heteroatoms. The first kappa shape index (κ1) is 12.0. The zero-order valence-electron chi connectivity index (χ0n) is 10.5. The summed E-state index contributed by atoms with van der Waals surface area (Å²) < 4.78 is 0. The fourth-order valence-corrected chi connectivity index (χ4v) is 4.09. The number of hydrogen-bond donors (Lipinski definition) is 0. The van der Waals surface area contributed by atoms with Crippen molar-refractivity contribution in [2.75, 3.05) is 5.75 Å². The van der Waals surface area contributed by atoms with Crippen molar-refractivity contribution in [3.63, 3.8) is 0 Å². The van der Waals surface area contributed by atoms with Crippen LogP contribution in [0.4, 0.5) is 0 Å². The van der Waals surface area contributed by atoms with Crippen LogP contribution in [0, 0.1) is 5.92 Å².